The van der Waals surface area contributed by atoms with Gasteiger partial charge in [0.15, 0.2) is 5.78 Å². The quantitative estimate of drug-likeness (QED) is 0.752. The van der Waals surface area contributed by atoms with Gasteiger partial charge in [0, 0.05) is 12.8 Å². The van der Waals surface area contributed by atoms with Crippen LogP contribution < -0.4 is 0 Å². The van der Waals surface area contributed by atoms with Gasteiger partial charge in [0.05, 0.1) is 0 Å². The highest BCUT2D eigenvalue weighted by Gasteiger charge is 2.61. The third-order valence-electron chi connectivity index (χ3n) is 9.45. The van der Waals surface area contributed by atoms with Crippen LogP contribution in [0.4, 0.5) is 0 Å². The Morgan fingerprint density at radius 2 is 1.67 bits per heavy atom. The molecule has 0 saturated heterocycles. The van der Waals surface area contributed by atoms with E-state index in [4.69, 9.17) is 4.74 Å². The number of ether oxygens (including phenoxy) is 1. The standard InChI is InChI=1S/C23H36O4/c1-14(25)27-16-6-4-15-5-7-17-18-8-9-20(21(26)13-24)22(18,2)11-10-19(17)23(15,3)12-16/h15-20,24H,4-13H2,1-3H3. The number of fused-ring (bicyclic) bond motifs is 5. The molecule has 1 N–H and O–H groups in total. The number of aliphatic hydroxyl groups excluding tert-OH is 1. The van der Waals surface area contributed by atoms with Crippen molar-refractivity contribution in [2.75, 3.05) is 6.61 Å². The molecule has 4 fully saturated rings. The van der Waals surface area contributed by atoms with Crippen molar-refractivity contribution in [1.82, 2.24) is 0 Å². The SMILES string of the molecule is CC(=O)OC1CCC2CCC3C(CCC4(C)C(C(=O)CO)CCC34)C2(C)C1. The molecule has 0 aromatic carbocycles. The third kappa shape index (κ3) is 2.97. The smallest absolute Gasteiger partial charge is 0.302 e. The van der Waals surface area contributed by atoms with Gasteiger partial charge in [-0.2, -0.15) is 0 Å². The van der Waals surface area contributed by atoms with Gasteiger partial charge in [0.25, 0.3) is 0 Å². The minimum Gasteiger partial charge on any atom is -0.463 e. The Bertz CT molecular complexity index is 615. The number of Topliss-reactive ketones (excluding diaryl/α,β-unsaturated/α-hetero) is 1. The number of rotatable bonds is 3. The van der Waals surface area contributed by atoms with E-state index in [1.54, 1.807) is 0 Å². The topological polar surface area (TPSA) is 63.6 Å². The average molecular weight is 377 g/mol. The highest BCUT2D eigenvalue weighted by molar-refractivity contribution is 5.83. The number of hydrogen-bond acceptors (Lipinski definition) is 4. The molecule has 4 aliphatic rings. The maximum absolute atomic E-state index is 12.4. The number of carbonyl (C=O) groups excluding carboxylic acids is 2. The molecular weight excluding hydrogens is 340 g/mol. The fourth-order valence-corrected chi connectivity index (χ4v) is 8.28. The molecule has 27 heavy (non-hydrogen) atoms. The average Bonchev–Trinajstić information content (AvgIpc) is 2.97. The highest BCUT2D eigenvalue weighted by Crippen LogP contribution is 2.67. The Hall–Kier alpha value is -0.900. The fraction of sp³-hybridized carbons (Fsp3) is 0.913. The largest absolute Gasteiger partial charge is 0.463 e. The van der Waals surface area contributed by atoms with Crippen molar-refractivity contribution < 1.29 is 19.4 Å². The van der Waals surface area contributed by atoms with E-state index in [0.29, 0.717) is 17.8 Å². The van der Waals surface area contributed by atoms with Gasteiger partial charge in [-0.05, 0) is 92.3 Å². The van der Waals surface area contributed by atoms with Crippen LogP contribution in [-0.4, -0.2) is 29.6 Å². The van der Waals surface area contributed by atoms with E-state index in [1.807, 2.05) is 0 Å². The zero-order valence-electron chi connectivity index (χ0n) is 17.2. The molecule has 0 aromatic heterocycles. The van der Waals surface area contributed by atoms with Crippen molar-refractivity contribution in [3.63, 3.8) is 0 Å². The first kappa shape index (κ1) is 19.4. The first-order valence-corrected chi connectivity index (χ1v) is 11.1. The molecule has 4 rings (SSSR count). The van der Waals surface area contributed by atoms with E-state index in [0.717, 1.165) is 38.0 Å². The summed E-state index contributed by atoms with van der Waals surface area (Å²) in [5.41, 5.74) is 0.343. The number of aliphatic hydroxyl groups is 1. The van der Waals surface area contributed by atoms with Gasteiger partial charge in [0.1, 0.15) is 12.7 Å². The van der Waals surface area contributed by atoms with Crippen LogP contribution in [0.15, 0.2) is 0 Å². The van der Waals surface area contributed by atoms with Crippen LogP contribution in [0, 0.1) is 40.4 Å². The molecule has 0 spiro atoms. The maximum atomic E-state index is 12.4. The molecule has 0 aromatic rings. The number of hydrogen-bond donors (Lipinski definition) is 1. The summed E-state index contributed by atoms with van der Waals surface area (Å²) in [7, 11) is 0. The minimum absolute atomic E-state index is 0.0548. The van der Waals surface area contributed by atoms with Crippen LogP contribution in [0.2, 0.25) is 0 Å². The van der Waals surface area contributed by atoms with Crippen molar-refractivity contribution in [2.45, 2.75) is 84.7 Å². The van der Waals surface area contributed by atoms with Crippen LogP contribution in [0.1, 0.15) is 78.6 Å². The summed E-state index contributed by atoms with van der Waals surface area (Å²) >= 11 is 0. The molecule has 0 bridgehead atoms. The predicted octanol–water partition coefficient (Wildman–Crippen LogP) is 4.14. The van der Waals surface area contributed by atoms with Crippen molar-refractivity contribution in [2.24, 2.45) is 40.4 Å². The van der Waals surface area contributed by atoms with Gasteiger partial charge in [-0.15, -0.1) is 0 Å². The second kappa shape index (κ2) is 6.86. The van der Waals surface area contributed by atoms with E-state index in [9.17, 15) is 14.7 Å². The predicted molar refractivity (Wildman–Crippen MR) is 103 cm³/mol. The molecule has 4 aliphatic carbocycles. The van der Waals surface area contributed by atoms with Crippen molar-refractivity contribution in [3.8, 4) is 0 Å². The lowest BCUT2D eigenvalue weighted by Crippen LogP contribution is -2.55. The van der Waals surface area contributed by atoms with Crippen LogP contribution >= 0.6 is 0 Å². The van der Waals surface area contributed by atoms with Crippen molar-refractivity contribution in [1.29, 1.82) is 0 Å². The lowest BCUT2D eigenvalue weighted by Gasteiger charge is -2.61. The zero-order valence-corrected chi connectivity index (χ0v) is 17.2. The van der Waals surface area contributed by atoms with Gasteiger partial charge in [-0.3, -0.25) is 9.59 Å². The van der Waals surface area contributed by atoms with E-state index >= 15 is 0 Å². The molecule has 0 heterocycles. The summed E-state index contributed by atoms with van der Waals surface area (Å²) in [5, 5.41) is 9.44. The molecular formula is C23H36O4. The number of esters is 1. The molecule has 0 radical (unpaired) electrons. The van der Waals surface area contributed by atoms with E-state index in [-0.39, 0.29) is 41.2 Å². The van der Waals surface area contributed by atoms with Gasteiger partial charge in [-0.1, -0.05) is 13.8 Å². The highest BCUT2D eigenvalue weighted by atomic mass is 16.5. The third-order valence-corrected chi connectivity index (χ3v) is 9.45. The molecule has 8 unspecified atom stereocenters. The Kier molecular flexibility index (Phi) is 4.93. The summed E-state index contributed by atoms with van der Waals surface area (Å²) in [6.45, 7) is 6.03. The lowest BCUT2D eigenvalue weighted by molar-refractivity contribution is -0.163. The zero-order chi connectivity index (χ0) is 19.4. The van der Waals surface area contributed by atoms with E-state index in [1.165, 1.54) is 32.6 Å². The summed E-state index contributed by atoms with van der Waals surface area (Å²) in [5.74, 6) is 2.72. The fourth-order valence-electron chi connectivity index (χ4n) is 8.28. The van der Waals surface area contributed by atoms with Gasteiger partial charge < -0.3 is 9.84 Å². The molecule has 4 heteroatoms. The van der Waals surface area contributed by atoms with Crippen LogP contribution in [0.3, 0.4) is 0 Å². The minimum atomic E-state index is -0.301. The Labute approximate surface area is 163 Å². The molecule has 4 saturated carbocycles. The van der Waals surface area contributed by atoms with E-state index < -0.39 is 0 Å². The first-order valence-electron chi connectivity index (χ1n) is 11.1. The molecule has 8 atom stereocenters. The lowest BCUT2D eigenvalue weighted by atomic mass is 9.44. The van der Waals surface area contributed by atoms with E-state index in [2.05, 4.69) is 13.8 Å². The summed E-state index contributed by atoms with van der Waals surface area (Å²) < 4.78 is 5.64. The molecule has 152 valence electrons. The molecule has 0 aliphatic heterocycles. The van der Waals surface area contributed by atoms with Crippen LogP contribution in [0.25, 0.3) is 0 Å². The number of carbonyl (C=O) groups is 2. The normalized spacial score (nSPS) is 48.9. The second-order valence-corrected chi connectivity index (χ2v) is 10.5. The Morgan fingerprint density at radius 1 is 0.963 bits per heavy atom. The second-order valence-electron chi connectivity index (χ2n) is 10.5. The van der Waals surface area contributed by atoms with Gasteiger partial charge >= 0.3 is 5.97 Å². The van der Waals surface area contributed by atoms with Gasteiger partial charge in [-0.25, -0.2) is 0 Å². The van der Waals surface area contributed by atoms with Crippen molar-refractivity contribution >= 4 is 11.8 Å². The molecule has 4 nitrogen and oxygen atoms in total. The first-order chi connectivity index (χ1) is 12.8. The molecule has 0 amide bonds. The summed E-state index contributed by atoms with van der Waals surface area (Å²) in [6, 6.07) is 0. The summed E-state index contributed by atoms with van der Waals surface area (Å²) in [4.78, 5) is 23.9. The van der Waals surface area contributed by atoms with Crippen LogP contribution in [-0.2, 0) is 14.3 Å². The summed E-state index contributed by atoms with van der Waals surface area (Å²) in [6.07, 6.45) is 10.3. The Balaban J connectivity index is 1.57. The maximum Gasteiger partial charge on any atom is 0.302 e. The monoisotopic (exact) mass is 376 g/mol. The Morgan fingerprint density at radius 3 is 2.37 bits per heavy atom. The number of ketones is 1. The van der Waals surface area contributed by atoms with Gasteiger partial charge in [0.2, 0.25) is 0 Å². The van der Waals surface area contributed by atoms with Crippen LogP contribution in [0.5, 0.6) is 0 Å². The van der Waals surface area contributed by atoms with Crippen molar-refractivity contribution in [3.05, 3.63) is 0 Å².